The molecular weight excluding hydrogens is 364 g/mol. The lowest BCUT2D eigenvalue weighted by atomic mass is 10.2. The van der Waals surface area contributed by atoms with Crippen molar-refractivity contribution < 1.29 is 12.9 Å². The summed E-state index contributed by atoms with van der Waals surface area (Å²) in [6.45, 7) is 0. The third-order valence-electron chi connectivity index (χ3n) is 3.87. The highest BCUT2D eigenvalue weighted by Gasteiger charge is 2.19. The van der Waals surface area contributed by atoms with Crippen LogP contribution in [0.15, 0.2) is 77.4 Å². The quantitative estimate of drug-likeness (QED) is 0.511. The summed E-state index contributed by atoms with van der Waals surface area (Å²) >= 11 is 0. The Bertz CT molecular complexity index is 1050. The van der Waals surface area contributed by atoms with Gasteiger partial charge in [0.25, 0.3) is 5.89 Å². The SMILES string of the molecule is O=S(=O)(Cc1ccn(-c2ccccc2)n1)Cc1noc(-c2ccccc2)n1. The summed E-state index contributed by atoms with van der Waals surface area (Å²) in [6.07, 6.45) is 1.74. The Kier molecular flexibility index (Phi) is 4.55. The van der Waals surface area contributed by atoms with E-state index in [2.05, 4.69) is 15.2 Å². The van der Waals surface area contributed by atoms with E-state index in [0.29, 0.717) is 11.6 Å². The van der Waals surface area contributed by atoms with Crippen LogP contribution in [-0.2, 0) is 21.3 Å². The van der Waals surface area contributed by atoms with E-state index in [4.69, 9.17) is 4.52 Å². The van der Waals surface area contributed by atoms with Crippen LogP contribution < -0.4 is 0 Å². The molecule has 0 aliphatic heterocycles. The van der Waals surface area contributed by atoms with Crippen LogP contribution in [0.4, 0.5) is 0 Å². The predicted molar refractivity (Wildman–Crippen MR) is 99.6 cm³/mol. The molecule has 0 atom stereocenters. The van der Waals surface area contributed by atoms with Gasteiger partial charge in [-0.2, -0.15) is 10.1 Å². The maximum Gasteiger partial charge on any atom is 0.257 e. The third-order valence-corrected chi connectivity index (χ3v) is 5.30. The van der Waals surface area contributed by atoms with Crippen LogP contribution in [0, 0.1) is 0 Å². The monoisotopic (exact) mass is 380 g/mol. The lowest BCUT2D eigenvalue weighted by Gasteiger charge is -2.01. The molecule has 27 heavy (non-hydrogen) atoms. The zero-order valence-electron chi connectivity index (χ0n) is 14.3. The largest absolute Gasteiger partial charge is 0.334 e. The summed E-state index contributed by atoms with van der Waals surface area (Å²) < 4.78 is 31.8. The van der Waals surface area contributed by atoms with E-state index in [1.807, 2.05) is 60.7 Å². The van der Waals surface area contributed by atoms with E-state index < -0.39 is 9.84 Å². The molecule has 7 nitrogen and oxygen atoms in total. The minimum absolute atomic E-state index is 0.136. The first kappa shape index (κ1) is 17.2. The van der Waals surface area contributed by atoms with Crippen molar-refractivity contribution in [2.24, 2.45) is 0 Å². The van der Waals surface area contributed by atoms with Gasteiger partial charge in [0.15, 0.2) is 15.7 Å². The maximum absolute atomic E-state index is 12.5. The molecule has 0 aliphatic carbocycles. The molecule has 0 unspecified atom stereocenters. The van der Waals surface area contributed by atoms with Crippen LogP contribution in [0.25, 0.3) is 17.1 Å². The van der Waals surface area contributed by atoms with Gasteiger partial charge in [-0.05, 0) is 30.3 Å². The van der Waals surface area contributed by atoms with E-state index in [9.17, 15) is 8.42 Å². The Morgan fingerprint density at radius 1 is 0.889 bits per heavy atom. The van der Waals surface area contributed by atoms with Gasteiger partial charge in [0.2, 0.25) is 0 Å². The van der Waals surface area contributed by atoms with Crippen LogP contribution in [0.5, 0.6) is 0 Å². The van der Waals surface area contributed by atoms with Crippen LogP contribution in [0.2, 0.25) is 0 Å². The highest BCUT2D eigenvalue weighted by molar-refractivity contribution is 7.89. The lowest BCUT2D eigenvalue weighted by Crippen LogP contribution is -2.09. The number of nitrogens with zero attached hydrogens (tertiary/aromatic N) is 4. The molecule has 0 spiro atoms. The summed E-state index contributed by atoms with van der Waals surface area (Å²) in [7, 11) is -3.49. The zero-order valence-corrected chi connectivity index (χ0v) is 15.1. The number of hydrogen-bond acceptors (Lipinski definition) is 6. The van der Waals surface area contributed by atoms with Crippen molar-refractivity contribution in [1.82, 2.24) is 19.9 Å². The topological polar surface area (TPSA) is 90.9 Å². The smallest absolute Gasteiger partial charge is 0.257 e. The summed E-state index contributed by atoms with van der Waals surface area (Å²) in [4.78, 5) is 4.18. The van der Waals surface area contributed by atoms with E-state index in [1.54, 1.807) is 16.9 Å². The van der Waals surface area contributed by atoms with Gasteiger partial charge in [0, 0.05) is 11.8 Å². The van der Waals surface area contributed by atoms with Gasteiger partial charge in [-0.25, -0.2) is 13.1 Å². The summed E-state index contributed by atoms with van der Waals surface area (Å²) in [6, 6.07) is 20.4. The molecule has 0 amide bonds. The Labute approximate surface area is 156 Å². The standard InChI is InChI=1S/C19H16N4O3S/c24-27(25,13-16-11-12-23(21-16)17-9-5-2-6-10-17)14-18-20-19(26-22-18)15-7-3-1-4-8-15/h1-12H,13-14H2. The van der Waals surface area contributed by atoms with Crippen LogP contribution in [0.3, 0.4) is 0 Å². The maximum atomic E-state index is 12.5. The average molecular weight is 380 g/mol. The van der Waals surface area contributed by atoms with Crippen molar-refractivity contribution in [1.29, 1.82) is 0 Å². The van der Waals surface area contributed by atoms with Gasteiger partial charge in [-0.3, -0.25) is 0 Å². The summed E-state index contributed by atoms with van der Waals surface area (Å²) in [5.74, 6) is -0.0608. The molecule has 0 aliphatic rings. The van der Waals surface area contributed by atoms with Crippen molar-refractivity contribution in [3.63, 3.8) is 0 Å². The molecule has 4 rings (SSSR count). The van der Waals surface area contributed by atoms with Gasteiger partial charge < -0.3 is 4.52 Å². The Hall–Kier alpha value is -3.26. The van der Waals surface area contributed by atoms with Crippen molar-refractivity contribution in [2.75, 3.05) is 0 Å². The summed E-state index contributed by atoms with van der Waals surface area (Å²) in [5, 5.41) is 8.11. The van der Waals surface area contributed by atoms with Crippen molar-refractivity contribution in [3.8, 4) is 17.1 Å². The molecule has 0 bridgehead atoms. The molecule has 0 fully saturated rings. The van der Waals surface area contributed by atoms with E-state index in [-0.39, 0.29) is 17.3 Å². The Morgan fingerprint density at radius 2 is 1.59 bits per heavy atom. The number of rotatable bonds is 6. The lowest BCUT2D eigenvalue weighted by molar-refractivity contribution is 0.424. The second kappa shape index (κ2) is 7.16. The molecule has 0 radical (unpaired) electrons. The fourth-order valence-electron chi connectivity index (χ4n) is 2.65. The molecule has 8 heteroatoms. The van der Waals surface area contributed by atoms with E-state index >= 15 is 0 Å². The van der Waals surface area contributed by atoms with Crippen LogP contribution in [-0.4, -0.2) is 28.3 Å². The van der Waals surface area contributed by atoms with Gasteiger partial charge >= 0.3 is 0 Å². The average Bonchev–Trinajstić information content (AvgIpc) is 3.32. The van der Waals surface area contributed by atoms with Gasteiger partial charge in [0.1, 0.15) is 5.75 Å². The van der Waals surface area contributed by atoms with Gasteiger partial charge in [0.05, 0.1) is 17.1 Å². The fourth-order valence-corrected chi connectivity index (χ4v) is 3.86. The Balaban J connectivity index is 1.47. The van der Waals surface area contributed by atoms with E-state index in [0.717, 1.165) is 11.3 Å². The molecule has 0 saturated carbocycles. The highest BCUT2D eigenvalue weighted by Crippen LogP contribution is 2.18. The molecular formula is C19H16N4O3S. The Morgan fingerprint density at radius 3 is 2.33 bits per heavy atom. The number of aromatic nitrogens is 4. The van der Waals surface area contributed by atoms with Crippen LogP contribution in [0.1, 0.15) is 11.5 Å². The highest BCUT2D eigenvalue weighted by atomic mass is 32.2. The molecule has 2 heterocycles. The molecule has 2 aromatic heterocycles. The minimum atomic E-state index is -3.49. The zero-order chi connectivity index (χ0) is 18.7. The van der Waals surface area contributed by atoms with Crippen molar-refractivity contribution in [3.05, 3.63) is 84.4 Å². The van der Waals surface area contributed by atoms with Crippen molar-refractivity contribution >= 4 is 9.84 Å². The fraction of sp³-hybridized carbons (Fsp3) is 0.105. The molecule has 4 aromatic rings. The number of para-hydroxylation sites is 1. The first-order valence-electron chi connectivity index (χ1n) is 8.27. The first-order valence-corrected chi connectivity index (χ1v) is 10.1. The van der Waals surface area contributed by atoms with Gasteiger partial charge in [-0.15, -0.1) is 0 Å². The molecule has 136 valence electrons. The number of benzene rings is 2. The first-order chi connectivity index (χ1) is 13.1. The number of hydrogen-bond donors (Lipinski definition) is 0. The third kappa shape index (κ3) is 4.12. The van der Waals surface area contributed by atoms with E-state index in [1.165, 1.54) is 0 Å². The molecule has 0 saturated heterocycles. The van der Waals surface area contributed by atoms with Crippen LogP contribution >= 0.6 is 0 Å². The minimum Gasteiger partial charge on any atom is -0.334 e. The second-order valence-electron chi connectivity index (χ2n) is 6.00. The normalized spacial score (nSPS) is 11.6. The number of sulfone groups is 1. The molecule has 2 aromatic carbocycles. The van der Waals surface area contributed by atoms with Crippen molar-refractivity contribution in [2.45, 2.75) is 11.5 Å². The van der Waals surface area contributed by atoms with Gasteiger partial charge in [-0.1, -0.05) is 41.6 Å². The second-order valence-corrected chi connectivity index (χ2v) is 8.07. The predicted octanol–water partition coefficient (Wildman–Crippen LogP) is 3.04. The summed E-state index contributed by atoms with van der Waals surface area (Å²) in [5.41, 5.74) is 2.08. The molecule has 0 N–H and O–H groups in total.